The monoisotopic (exact) mass is 251 g/mol. The standard InChI is InChI=1S/C18H21N/c1-4-14-6-5-7-15-11-17(19-18(14)15)16-10-12(2)8-9-13(16)3/h5-10,17,19H,4,11H2,1-3H3. The van der Waals surface area contributed by atoms with Crippen molar-refractivity contribution in [3.05, 3.63) is 64.2 Å². The largest absolute Gasteiger partial charge is 0.377 e. The van der Waals surface area contributed by atoms with Crippen molar-refractivity contribution in [1.82, 2.24) is 0 Å². The molecule has 19 heavy (non-hydrogen) atoms. The topological polar surface area (TPSA) is 12.0 Å². The van der Waals surface area contributed by atoms with E-state index >= 15 is 0 Å². The van der Waals surface area contributed by atoms with E-state index in [0.29, 0.717) is 6.04 Å². The molecule has 1 aliphatic heterocycles. The van der Waals surface area contributed by atoms with E-state index in [2.05, 4.69) is 62.5 Å². The molecular weight excluding hydrogens is 230 g/mol. The Morgan fingerprint density at radius 3 is 2.79 bits per heavy atom. The molecule has 0 spiro atoms. The predicted molar refractivity (Wildman–Crippen MR) is 81.8 cm³/mol. The summed E-state index contributed by atoms with van der Waals surface area (Å²) in [5.74, 6) is 0. The summed E-state index contributed by atoms with van der Waals surface area (Å²) >= 11 is 0. The Bertz CT molecular complexity index is 613. The van der Waals surface area contributed by atoms with Gasteiger partial charge in [-0.05, 0) is 48.9 Å². The lowest BCUT2D eigenvalue weighted by molar-refractivity contribution is 0.814. The van der Waals surface area contributed by atoms with Crippen molar-refractivity contribution in [2.45, 2.75) is 39.7 Å². The smallest absolute Gasteiger partial charge is 0.0557 e. The molecule has 0 aliphatic carbocycles. The molecule has 3 rings (SSSR count). The van der Waals surface area contributed by atoms with E-state index in [9.17, 15) is 0 Å². The SMILES string of the molecule is CCc1cccc2c1NC(c1cc(C)ccc1C)C2. The Hall–Kier alpha value is -1.76. The van der Waals surface area contributed by atoms with Gasteiger partial charge in [0.15, 0.2) is 0 Å². The number of anilines is 1. The van der Waals surface area contributed by atoms with Crippen LogP contribution in [0.4, 0.5) is 5.69 Å². The Balaban J connectivity index is 1.97. The van der Waals surface area contributed by atoms with Crippen LogP contribution in [0.1, 0.15) is 40.8 Å². The number of para-hydroxylation sites is 1. The summed E-state index contributed by atoms with van der Waals surface area (Å²) in [6.07, 6.45) is 2.20. The van der Waals surface area contributed by atoms with Gasteiger partial charge >= 0.3 is 0 Å². The number of benzene rings is 2. The molecule has 1 aliphatic rings. The molecule has 1 atom stereocenters. The van der Waals surface area contributed by atoms with Crippen LogP contribution in [0.25, 0.3) is 0 Å². The summed E-state index contributed by atoms with van der Waals surface area (Å²) in [7, 11) is 0. The van der Waals surface area contributed by atoms with Crippen molar-refractivity contribution < 1.29 is 0 Å². The van der Waals surface area contributed by atoms with Crippen molar-refractivity contribution in [3.63, 3.8) is 0 Å². The molecule has 0 saturated heterocycles. The number of rotatable bonds is 2. The fraction of sp³-hybridized carbons (Fsp3) is 0.333. The first-order chi connectivity index (χ1) is 9.19. The number of nitrogens with one attached hydrogen (secondary N) is 1. The lowest BCUT2D eigenvalue weighted by Crippen LogP contribution is -2.08. The molecule has 2 aromatic carbocycles. The molecule has 1 unspecified atom stereocenters. The number of aryl methyl sites for hydroxylation is 3. The first-order valence-electron chi connectivity index (χ1n) is 7.13. The minimum Gasteiger partial charge on any atom is -0.377 e. The van der Waals surface area contributed by atoms with Gasteiger partial charge in [0, 0.05) is 5.69 Å². The van der Waals surface area contributed by atoms with E-state index < -0.39 is 0 Å². The molecular formula is C18H21N. The predicted octanol–water partition coefficient (Wildman–Crippen LogP) is 4.58. The van der Waals surface area contributed by atoms with Gasteiger partial charge in [-0.15, -0.1) is 0 Å². The maximum atomic E-state index is 3.74. The molecule has 0 amide bonds. The Labute approximate surface area is 115 Å². The summed E-state index contributed by atoms with van der Waals surface area (Å²) < 4.78 is 0. The van der Waals surface area contributed by atoms with Crippen molar-refractivity contribution in [2.24, 2.45) is 0 Å². The van der Waals surface area contributed by atoms with Crippen molar-refractivity contribution in [3.8, 4) is 0 Å². The van der Waals surface area contributed by atoms with E-state index in [0.717, 1.165) is 12.8 Å². The van der Waals surface area contributed by atoms with Crippen molar-refractivity contribution >= 4 is 5.69 Å². The molecule has 0 fully saturated rings. The lowest BCUT2D eigenvalue weighted by Gasteiger charge is -2.16. The second-order valence-electron chi connectivity index (χ2n) is 5.57. The maximum Gasteiger partial charge on any atom is 0.0557 e. The first-order valence-corrected chi connectivity index (χ1v) is 7.13. The summed E-state index contributed by atoms with van der Waals surface area (Å²) in [6, 6.07) is 13.9. The van der Waals surface area contributed by atoms with Crippen LogP contribution in [0.3, 0.4) is 0 Å². The second-order valence-corrected chi connectivity index (χ2v) is 5.57. The summed E-state index contributed by atoms with van der Waals surface area (Å²) in [5.41, 5.74) is 8.44. The van der Waals surface area contributed by atoms with E-state index in [1.807, 2.05) is 0 Å². The summed E-state index contributed by atoms with van der Waals surface area (Å²) in [5, 5.41) is 3.74. The average molecular weight is 251 g/mol. The fourth-order valence-corrected chi connectivity index (χ4v) is 3.07. The van der Waals surface area contributed by atoms with Crippen molar-refractivity contribution in [2.75, 3.05) is 5.32 Å². The Morgan fingerprint density at radius 2 is 2.00 bits per heavy atom. The number of hydrogen-bond donors (Lipinski definition) is 1. The van der Waals surface area contributed by atoms with Gasteiger partial charge in [-0.1, -0.05) is 48.9 Å². The van der Waals surface area contributed by atoms with Crippen LogP contribution in [0.15, 0.2) is 36.4 Å². The molecule has 0 saturated carbocycles. The van der Waals surface area contributed by atoms with Gasteiger partial charge in [0.1, 0.15) is 0 Å². The van der Waals surface area contributed by atoms with Gasteiger partial charge in [-0.2, -0.15) is 0 Å². The minimum absolute atomic E-state index is 0.433. The third kappa shape index (κ3) is 2.14. The molecule has 1 heteroatoms. The van der Waals surface area contributed by atoms with E-state index in [4.69, 9.17) is 0 Å². The highest BCUT2D eigenvalue weighted by atomic mass is 15.0. The third-order valence-corrected chi connectivity index (χ3v) is 4.17. The highest BCUT2D eigenvalue weighted by Gasteiger charge is 2.24. The Kier molecular flexibility index (Phi) is 3.06. The molecule has 0 aromatic heterocycles. The van der Waals surface area contributed by atoms with Gasteiger partial charge < -0.3 is 5.32 Å². The zero-order chi connectivity index (χ0) is 13.4. The molecule has 1 nitrogen and oxygen atoms in total. The molecule has 98 valence electrons. The quantitative estimate of drug-likeness (QED) is 0.824. The highest BCUT2D eigenvalue weighted by molar-refractivity contribution is 5.63. The molecule has 0 bridgehead atoms. The molecule has 1 N–H and O–H groups in total. The second kappa shape index (κ2) is 4.73. The number of hydrogen-bond acceptors (Lipinski definition) is 1. The van der Waals surface area contributed by atoms with Crippen LogP contribution in [0, 0.1) is 13.8 Å². The lowest BCUT2D eigenvalue weighted by atomic mass is 9.96. The molecule has 0 radical (unpaired) electrons. The molecule has 2 aromatic rings. The van der Waals surface area contributed by atoms with Crippen LogP contribution in [-0.2, 0) is 12.8 Å². The van der Waals surface area contributed by atoms with Crippen molar-refractivity contribution in [1.29, 1.82) is 0 Å². The molecule has 1 heterocycles. The van der Waals surface area contributed by atoms with E-state index in [1.165, 1.54) is 33.5 Å². The average Bonchev–Trinajstić information content (AvgIpc) is 2.85. The van der Waals surface area contributed by atoms with Gasteiger partial charge in [-0.25, -0.2) is 0 Å². The van der Waals surface area contributed by atoms with Crippen LogP contribution in [0.5, 0.6) is 0 Å². The van der Waals surface area contributed by atoms with Gasteiger partial charge in [0.05, 0.1) is 6.04 Å². The van der Waals surface area contributed by atoms with E-state index in [-0.39, 0.29) is 0 Å². The van der Waals surface area contributed by atoms with Crippen LogP contribution in [0.2, 0.25) is 0 Å². The van der Waals surface area contributed by atoms with Crippen LogP contribution >= 0.6 is 0 Å². The zero-order valence-corrected chi connectivity index (χ0v) is 12.0. The first kappa shape index (κ1) is 12.3. The summed E-state index contributed by atoms with van der Waals surface area (Å²) in [6.45, 7) is 6.60. The summed E-state index contributed by atoms with van der Waals surface area (Å²) in [4.78, 5) is 0. The zero-order valence-electron chi connectivity index (χ0n) is 12.0. The highest BCUT2D eigenvalue weighted by Crippen LogP contribution is 2.37. The minimum atomic E-state index is 0.433. The maximum absolute atomic E-state index is 3.74. The van der Waals surface area contributed by atoms with Gasteiger partial charge in [0.2, 0.25) is 0 Å². The number of fused-ring (bicyclic) bond motifs is 1. The van der Waals surface area contributed by atoms with E-state index in [1.54, 1.807) is 0 Å². The van der Waals surface area contributed by atoms with Gasteiger partial charge in [-0.3, -0.25) is 0 Å². The van der Waals surface area contributed by atoms with Crippen LogP contribution < -0.4 is 5.32 Å². The third-order valence-electron chi connectivity index (χ3n) is 4.17. The van der Waals surface area contributed by atoms with Crippen LogP contribution in [-0.4, -0.2) is 0 Å². The van der Waals surface area contributed by atoms with Gasteiger partial charge in [0.25, 0.3) is 0 Å². The fourth-order valence-electron chi connectivity index (χ4n) is 3.07. The normalized spacial score (nSPS) is 17.1. The Morgan fingerprint density at radius 1 is 1.16 bits per heavy atom.